The molecule has 1 saturated carbocycles. The second kappa shape index (κ2) is 6.39. The average Bonchev–Trinajstić information content (AvgIpc) is 3.04. The molecule has 3 rings (SSSR count). The van der Waals surface area contributed by atoms with Gasteiger partial charge in [0.1, 0.15) is 0 Å². The van der Waals surface area contributed by atoms with Gasteiger partial charge in [0.25, 0.3) is 0 Å². The van der Waals surface area contributed by atoms with Gasteiger partial charge in [-0.2, -0.15) is 0 Å². The normalized spacial score (nSPS) is 23.9. The third-order valence-corrected chi connectivity index (χ3v) is 4.83. The zero-order valence-electron chi connectivity index (χ0n) is 12.7. The fraction of sp³-hybridized carbons (Fsp3) is 0.529. The molecule has 4 nitrogen and oxygen atoms in total. The summed E-state index contributed by atoms with van der Waals surface area (Å²) in [5.41, 5.74) is 8.63. The third-order valence-electron chi connectivity index (χ3n) is 4.83. The van der Waals surface area contributed by atoms with Crippen LogP contribution in [0.2, 0.25) is 0 Å². The van der Waals surface area contributed by atoms with Crippen molar-refractivity contribution >= 4 is 0 Å². The first-order chi connectivity index (χ1) is 10.3. The Morgan fingerprint density at radius 2 is 2.10 bits per heavy atom. The van der Waals surface area contributed by atoms with Crippen molar-refractivity contribution in [1.29, 1.82) is 0 Å². The lowest BCUT2D eigenvalue weighted by Crippen LogP contribution is -2.28. The molecule has 1 aromatic carbocycles. The molecule has 0 saturated heterocycles. The Hall–Kier alpha value is -1.68. The Morgan fingerprint density at radius 3 is 2.86 bits per heavy atom. The third kappa shape index (κ3) is 3.00. The van der Waals surface area contributed by atoms with E-state index in [1.807, 2.05) is 41.2 Å². The molecule has 0 bridgehead atoms. The summed E-state index contributed by atoms with van der Waals surface area (Å²) in [6.07, 6.45) is 8.20. The summed E-state index contributed by atoms with van der Waals surface area (Å²) in [5.74, 6) is 1.38. The van der Waals surface area contributed by atoms with Crippen molar-refractivity contribution in [2.24, 2.45) is 17.6 Å². The summed E-state index contributed by atoms with van der Waals surface area (Å²) >= 11 is 0. The average molecular weight is 284 g/mol. The van der Waals surface area contributed by atoms with Gasteiger partial charge in [0.05, 0.1) is 23.6 Å². The molecule has 112 valence electrons. The fourth-order valence-corrected chi connectivity index (χ4v) is 3.51. The highest BCUT2D eigenvalue weighted by Crippen LogP contribution is 2.37. The number of hydrogen-bond acceptors (Lipinski definition) is 3. The van der Waals surface area contributed by atoms with Crippen molar-refractivity contribution < 1.29 is 0 Å². The van der Waals surface area contributed by atoms with Gasteiger partial charge in [-0.05, 0) is 36.8 Å². The minimum atomic E-state index is 0.0227. The highest BCUT2D eigenvalue weighted by molar-refractivity contribution is 5.32. The van der Waals surface area contributed by atoms with Crippen LogP contribution in [0, 0.1) is 11.8 Å². The van der Waals surface area contributed by atoms with E-state index in [4.69, 9.17) is 5.73 Å². The van der Waals surface area contributed by atoms with Crippen molar-refractivity contribution in [3.63, 3.8) is 0 Å². The van der Waals surface area contributed by atoms with Gasteiger partial charge < -0.3 is 5.73 Å². The van der Waals surface area contributed by atoms with E-state index in [2.05, 4.69) is 17.2 Å². The molecular weight excluding hydrogens is 260 g/mol. The van der Waals surface area contributed by atoms with E-state index in [0.29, 0.717) is 5.92 Å². The molecule has 2 aromatic rings. The minimum absolute atomic E-state index is 0.0227. The van der Waals surface area contributed by atoms with E-state index in [0.717, 1.165) is 17.3 Å². The molecule has 1 heterocycles. The van der Waals surface area contributed by atoms with Crippen LogP contribution in [0.25, 0.3) is 5.69 Å². The van der Waals surface area contributed by atoms with Crippen LogP contribution in [0.3, 0.4) is 0 Å². The van der Waals surface area contributed by atoms with Gasteiger partial charge >= 0.3 is 0 Å². The van der Waals surface area contributed by atoms with Gasteiger partial charge in [0.15, 0.2) is 0 Å². The zero-order valence-corrected chi connectivity index (χ0v) is 12.7. The molecule has 4 heteroatoms. The predicted octanol–water partition coefficient (Wildman–Crippen LogP) is 3.48. The molecule has 1 aromatic heterocycles. The Labute approximate surface area is 126 Å². The van der Waals surface area contributed by atoms with Crippen molar-refractivity contribution in [2.45, 2.75) is 45.1 Å². The molecule has 0 aliphatic heterocycles. The standard InChI is InChI=1S/C17H24N4/c1-2-13-7-6-8-14(11-13)17(18)16-12-19-20-21(16)15-9-4-3-5-10-15/h3-5,9-10,12-14,17H,2,6-8,11,18H2,1H3. The van der Waals surface area contributed by atoms with E-state index >= 15 is 0 Å². The SMILES string of the molecule is CCC1CCCC(C(N)c2cnnn2-c2ccccc2)C1. The molecule has 1 aliphatic carbocycles. The van der Waals surface area contributed by atoms with Crippen LogP contribution in [0.1, 0.15) is 50.8 Å². The van der Waals surface area contributed by atoms with E-state index in [9.17, 15) is 0 Å². The van der Waals surface area contributed by atoms with Gasteiger partial charge in [0, 0.05) is 0 Å². The van der Waals surface area contributed by atoms with Crippen LogP contribution in [0.5, 0.6) is 0 Å². The lowest BCUT2D eigenvalue weighted by Gasteiger charge is -2.32. The molecule has 3 atom stereocenters. The fourth-order valence-electron chi connectivity index (χ4n) is 3.51. The molecule has 0 amide bonds. The van der Waals surface area contributed by atoms with Gasteiger partial charge in [-0.3, -0.25) is 0 Å². The zero-order chi connectivity index (χ0) is 14.7. The van der Waals surface area contributed by atoms with Crippen molar-refractivity contribution in [1.82, 2.24) is 15.0 Å². The Kier molecular flexibility index (Phi) is 4.34. The van der Waals surface area contributed by atoms with Crippen molar-refractivity contribution in [3.05, 3.63) is 42.2 Å². The molecule has 0 radical (unpaired) electrons. The molecular formula is C17H24N4. The van der Waals surface area contributed by atoms with Gasteiger partial charge in [-0.15, -0.1) is 5.10 Å². The number of nitrogens with zero attached hydrogens (tertiary/aromatic N) is 3. The summed E-state index contributed by atoms with van der Waals surface area (Å²) in [7, 11) is 0. The van der Waals surface area contributed by atoms with Gasteiger partial charge in [-0.1, -0.05) is 49.6 Å². The van der Waals surface area contributed by atoms with Crippen LogP contribution in [-0.2, 0) is 0 Å². The first-order valence-corrected chi connectivity index (χ1v) is 8.01. The van der Waals surface area contributed by atoms with Crippen LogP contribution in [0.4, 0.5) is 0 Å². The maximum atomic E-state index is 6.57. The Balaban J connectivity index is 1.82. The first-order valence-electron chi connectivity index (χ1n) is 8.01. The highest BCUT2D eigenvalue weighted by Gasteiger charge is 2.28. The maximum Gasteiger partial charge on any atom is 0.0815 e. The topological polar surface area (TPSA) is 56.7 Å². The molecule has 1 fully saturated rings. The molecule has 1 aliphatic rings. The van der Waals surface area contributed by atoms with E-state index in [1.165, 1.54) is 32.1 Å². The Morgan fingerprint density at radius 1 is 1.29 bits per heavy atom. The molecule has 21 heavy (non-hydrogen) atoms. The number of rotatable bonds is 4. The number of nitrogens with two attached hydrogens (primary N) is 1. The van der Waals surface area contributed by atoms with Crippen LogP contribution in [0.15, 0.2) is 36.5 Å². The van der Waals surface area contributed by atoms with Crippen LogP contribution >= 0.6 is 0 Å². The van der Waals surface area contributed by atoms with E-state index < -0.39 is 0 Å². The summed E-state index contributed by atoms with van der Waals surface area (Å²) in [6, 6.07) is 10.1. The summed E-state index contributed by atoms with van der Waals surface area (Å²) in [5, 5.41) is 8.31. The highest BCUT2D eigenvalue weighted by atomic mass is 15.4. The lowest BCUT2D eigenvalue weighted by atomic mass is 9.76. The lowest BCUT2D eigenvalue weighted by molar-refractivity contribution is 0.227. The van der Waals surface area contributed by atoms with E-state index in [-0.39, 0.29) is 6.04 Å². The quantitative estimate of drug-likeness (QED) is 0.935. The van der Waals surface area contributed by atoms with Crippen LogP contribution in [-0.4, -0.2) is 15.0 Å². The first kappa shape index (κ1) is 14.3. The monoisotopic (exact) mass is 284 g/mol. The van der Waals surface area contributed by atoms with Crippen molar-refractivity contribution in [2.75, 3.05) is 0 Å². The molecule has 3 unspecified atom stereocenters. The summed E-state index contributed by atoms with van der Waals surface area (Å²) in [4.78, 5) is 0. The maximum absolute atomic E-state index is 6.57. The van der Waals surface area contributed by atoms with Crippen molar-refractivity contribution in [3.8, 4) is 5.69 Å². The van der Waals surface area contributed by atoms with Gasteiger partial charge in [-0.25, -0.2) is 4.68 Å². The largest absolute Gasteiger partial charge is 0.322 e. The smallest absolute Gasteiger partial charge is 0.0815 e. The second-order valence-corrected chi connectivity index (χ2v) is 6.13. The number of benzene rings is 1. The number of aromatic nitrogens is 3. The predicted molar refractivity (Wildman–Crippen MR) is 84.0 cm³/mol. The number of para-hydroxylation sites is 1. The van der Waals surface area contributed by atoms with E-state index in [1.54, 1.807) is 0 Å². The summed E-state index contributed by atoms with van der Waals surface area (Å²) < 4.78 is 1.89. The minimum Gasteiger partial charge on any atom is -0.322 e. The second-order valence-electron chi connectivity index (χ2n) is 6.13. The molecule has 0 spiro atoms. The summed E-state index contributed by atoms with van der Waals surface area (Å²) in [6.45, 7) is 2.29. The molecule has 2 N–H and O–H groups in total. The van der Waals surface area contributed by atoms with Gasteiger partial charge in [0.2, 0.25) is 0 Å². The number of hydrogen-bond donors (Lipinski definition) is 1. The van der Waals surface area contributed by atoms with Crippen LogP contribution < -0.4 is 5.73 Å². The Bertz CT molecular complexity index is 563.